The number of hydrogen-bond acceptors (Lipinski definition) is 3. The Morgan fingerprint density at radius 3 is 2.68 bits per heavy atom. The van der Waals surface area contributed by atoms with Crippen LogP contribution in [0, 0.1) is 12.7 Å². The summed E-state index contributed by atoms with van der Waals surface area (Å²) in [5.74, 6) is -0.742. The number of anilines is 1. The Balaban J connectivity index is 1.98. The average Bonchev–Trinajstić information content (AvgIpc) is 2.97. The molecule has 0 radical (unpaired) electrons. The van der Waals surface area contributed by atoms with Gasteiger partial charge in [0.1, 0.15) is 11.2 Å². The molecule has 2 aromatic carbocycles. The molecule has 0 aliphatic carbocycles. The molecule has 1 heterocycles. The zero-order valence-corrected chi connectivity index (χ0v) is 14.0. The monoisotopic (exact) mass is 356 g/mol. The quantitative estimate of drug-likeness (QED) is 0.465. The maximum atomic E-state index is 13.2. The summed E-state index contributed by atoms with van der Waals surface area (Å²) in [5.41, 5.74) is 10.8. The van der Waals surface area contributed by atoms with Gasteiger partial charge in [-0.25, -0.2) is 4.39 Å². The van der Waals surface area contributed by atoms with Gasteiger partial charge in [0.15, 0.2) is 0 Å². The van der Waals surface area contributed by atoms with E-state index in [0.717, 1.165) is 5.56 Å². The lowest BCUT2D eigenvalue weighted by atomic mass is 10.1. The van der Waals surface area contributed by atoms with Gasteiger partial charge in [0.25, 0.3) is 0 Å². The van der Waals surface area contributed by atoms with Crippen molar-refractivity contribution in [2.75, 3.05) is 10.7 Å². The second kappa shape index (κ2) is 6.96. The van der Waals surface area contributed by atoms with Gasteiger partial charge in [0.2, 0.25) is 11.8 Å². The van der Waals surface area contributed by atoms with E-state index in [1.54, 1.807) is 36.1 Å². The summed E-state index contributed by atoms with van der Waals surface area (Å²) in [6.07, 6.45) is 0. The van der Waals surface area contributed by atoms with Gasteiger partial charge in [-0.3, -0.25) is 14.5 Å². The summed E-state index contributed by atoms with van der Waals surface area (Å²) in [4.78, 5) is 28.2. The van der Waals surface area contributed by atoms with Gasteiger partial charge in [-0.2, -0.15) is 0 Å². The summed E-state index contributed by atoms with van der Waals surface area (Å²) >= 11 is 1.46. The third-order valence-electron chi connectivity index (χ3n) is 3.86. The largest absolute Gasteiger partial charge is 0.295 e. The molecule has 0 N–H and O–H groups in total. The molecule has 2 aromatic rings. The predicted octanol–water partition coefficient (Wildman–Crippen LogP) is 4.36. The number of carbonyl (C=O) groups excluding carboxylic acids is 2. The molecule has 2 amide bonds. The number of rotatable bonds is 3. The number of nitrogens with zero attached hydrogens (tertiary/aromatic N) is 4. The Labute approximate surface area is 147 Å². The van der Waals surface area contributed by atoms with E-state index in [1.807, 2.05) is 0 Å². The minimum Gasteiger partial charge on any atom is -0.295 e. The molecule has 8 heteroatoms. The Morgan fingerprint density at radius 1 is 1.32 bits per heavy atom. The van der Waals surface area contributed by atoms with Crippen LogP contribution >= 0.6 is 11.8 Å². The first-order valence-electron chi connectivity index (χ1n) is 7.40. The highest BCUT2D eigenvalue weighted by Crippen LogP contribution is 2.42. The first kappa shape index (κ1) is 17.0. The summed E-state index contributed by atoms with van der Waals surface area (Å²) < 4.78 is 13.2. The fourth-order valence-corrected chi connectivity index (χ4v) is 3.88. The van der Waals surface area contributed by atoms with Gasteiger partial charge in [-0.15, -0.1) is 11.8 Å². The Bertz CT molecular complexity index is 894. The van der Waals surface area contributed by atoms with Gasteiger partial charge >= 0.3 is 0 Å². The summed E-state index contributed by atoms with van der Waals surface area (Å²) in [7, 11) is 0. The van der Waals surface area contributed by atoms with E-state index in [9.17, 15) is 14.0 Å². The van der Waals surface area contributed by atoms with Crippen molar-refractivity contribution in [3.8, 4) is 0 Å². The molecule has 1 aliphatic rings. The van der Waals surface area contributed by atoms with Crippen LogP contribution in [0.2, 0.25) is 0 Å². The third-order valence-corrected chi connectivity index (χ3v) is 5.07. The highest BCUT2D eigenvalue weighted by atomic mass is 32.2. The van der Waals surface area contributed by atoms with Gasteiger partial charge in [-0.1, -0.05) is 12.1 Å². The number of thioether (sulfide) groups is 1. The number of benzene rings is 2. The van der Waals surface area contributed by atoms with E-state index < -0.39 is 5.91 Å². The van der Waals surface area contributed by atoms with E-state index in [2.05, 4.69) is 10.0 Å². The van der Waals surface area contributed by atoms with Crippen molar-refractivity contribution in [3.05, 3.63) is 75.4 Å². The first-order valence-corrected chi connectivity index (χ1v) is 8.45. The maximum Gasteiger partial charge on any atom is 0.249 e. The maximum absolute atomic E-state index is 13.2. The van der Waals surface area contributed by atoms with Crippen molar-refractivity contribution in [1.82, 2.24) is 0 Å². The van der Waals surface area contributed by atoms with Gasteiger partial charge in [0.05, 0.1) is 5.75 Å². The molecular formula is C17H13FN4O2S. The second-order valence-electron chi connectivity index (χ2n) is 5.47. The number of hydrogen-bond donors (Lipinski definition) is 0. The molecule has 1 aliphatic heterocycles. The number of halogens is 1. The molecule has 126 valence electrons. The molecule has 0 bridgehead atoms. The minimum atomic E-state index is -0.672. The zero-order valence-electron chi connectivity index (χ0n) is 13.2. The van der Waals surface area contributed by atoms with Gasteiger partial charge in [0, 0.05) is 16.2 Å². The van der Waals surface area contributed by atoms with E-state index >= 15 is 0 Å². The van der Waals surface area contributed by atoms with Crippen molar-refractivity contribution in [1.29, 1.82) is 0 Å². The van der Waals surface area contributed by atoms with Crippen LogP contribution in [0.5, 0.6) is 0 Å². The molecule has 0 aromatic heterocycles. The fourth-order valence-electron chi connectivity index (χ4n) is 2.72. The third kappa shape index (κ3) is 3.35. The predicted molar refractivity (Wildman–Crippen MR) is 93.7 cm³/mol. The summed E-state index contributed by atoms with van der Waals surface area (Å²) in [6.45, 7) is 1.78. The smallest absolute Gasteiger partial charge is 0.249 e. The van der Waals surface area contributed by atoms with Crippen LogP contribution < -0.4 is 4.90 Å². The molecule has 3 rings (SSSR count). The van der Waals surface area contributed by atoms with Crippen molar-refractivity contribution in [2.45, 2.75) is 12.3 Å². The van der Waals surface area contributed by atoms with Crippen LogP contribution in [-0.2, 0) is 4.79 Å². The van der Waals surface area contributed by atoms with Crippen molar-refractivity contribution >= 4 is 29.3 Å². The average molecular weight is 356 g/mol. The lowest BCUT2D eigenvalue weighted by Gasteiger charge is -2.26. The summed E-state index contributed by atoms with van der Waals surface area (Å²) in [5, 5.41) is 2.81. The molecule has 25 heavy (non-hydrogen) atoms. The van der Waals surface area contributed by atoms with Crippen molar-refractivity contribution in [3.63, 3.8) is 0 Å². The van der Waals surface area contributed by atoms with Crippen LogP contribution in [0.25, 0.3) is 10.4 Å². The van der Waals surface area contributed by atoms with E-state index in [1.165, 1.54) is 30.0 Å². The minimum absolute atomic E-state index is 0.0588. The second-order valence-corrected chi connectivity index (χ2v) is 6.54. The number of carbonyl (C=O) groups is 2. The van der Waals surface area contributed by atoms with Crippen molar-refractivity contribution < 1.29 is 14.0 Å². The normalized spacial score (nSPS) is 16.6. The molecular weight excluding hydrogens is 343 g/mol. The molecule has 1 fully saturated rings. The molecule has 0 saturated carbocycles. The highest BCUT2D eigenvalue weighted by molar-refractivity contribution is 8.00. The van der Waals surface area contributed by atoms with Gasteiger partial charge in [-0.05, 0) is 59.0 Å². The number of aryl methyl sites for hydroxylation is 1. The zero-order chi connectivity index (χ0) is 18.0. The van der Waals surface area contributed by atoms with E-state index in [4.69, 9.17) is 5.53 Å². The molecule has 0 spiro atoms. The lowest BCUT2D eigenvalue weighted by Crippen LogP contribution is -2.28. The van der Waals surface area contributed by atoms with Crippen LogP contribution in [0.1, 0.15) is 26.9 Å². The highest BCUT2D eigenvalue weighted by Gasteiger charge is 2.34. The van der Waals surface area contributed by atoms with Crippen LogP contribution in [-0.4, -0.2) is 17.6 Å². The lowest BCUT2D eigenvalue weighted by molar-refractivity contribution is -0.115. The van der Waals surface area contributed by atoms with Gasteiger partial charge < -0.3 is 0 Å². The van der Waals surface area contributed by atoms with Crippen LogP contribution in [0.15, 0.2) is 47.6 Å². The SMILES string of the molecule is Cc1cc(C(=O)N=[N+]=[N-])ccc1N1C(=O)CSC1c1ccc(F)cc1. The Hall–Kier alpha value is -2.83. The number of amides is 2. The Kier molecular flexibility index (Phi) is 4.74. The fraction of sp³-hybridized carbons (Fsp3) is 0.176. The van der Waals surface area contributed by atoms with Crippen molar-refractivity contribution in [2.24, 2.45) is 5.11 Å². The standard InChI is InChI=1S/C17H13FN4O2S/c1-10-8-12(16(24)20-21-19)4-7-14(10)22-15(23)9-25-17(22)11-2-5-13(18)6-3-11/h2-8,17H,9H2,1H3. The van der Waals surface area contributed by atoms with Crippen LogP contribution in [0.3, 0.4) is 0 Å². The number of azide groups is 1. The molecule has 1 unspecified atom stereocenters. The molecule has 1 saturated heterocycles. The van der Waals surface area contributed by atoms with E-state index in [-0.39, 0.29) is 22.7 Å². The van der Waals surface area contributed by atoms with Crippen LogP contribution in [0.4, 0.5) is 10.1 Å². The topological polar surface area (TPSA) is 86.1 Å². The van der Waals surface area contributed by atoms with E-state index in [0.29, 0.717) is 17.0 Å². The molecule has 6 nitrogen and oxygen atoms in total. The summed E-state index contributed by atoms with van der Waals surface area (Å²) in [6, 6.07) is 10.8. The molecule has 1 atom stereocenters. The Morgan fingerprint density at radius 2 is 2.04 bits per heavy atom. The first-order chi connectivity index (χ1) is 12.0.